The number of nitrogens with zero attached hydrogens (tertiary/aromatic N) is 1. The third-order valence-corrected chi connectivity index (χ3v) is 11.9. The van der Waals surface area contributed by atoms with E-state index < -0.39 is 11.2 Å². The van der Waals surface area contributed by atoms with Gasteiger partial charge in [0.15, 0.2) is 11.5 Å². The summed E-state index contributed by atoms with van der Waals surface area (Å²) in [6, 6.07) is 4.46. The van der Waals surface area contributed by atoms with E-state index in [0.29, 0.717) is 11.8 Å². The first-order valence-electron chi connectivity index (χ1n) is 13.6. The molecule has 5 fully saturated rings. The number of benzene rings is 1. The Hall–Kier alpha value is -0.720. The molecule has 5 nitrogen and oxygen atoms in total. The lowest BCUT2D eigenvalue weighted by atomic mass is 9.33. The number of hydrogen-bond donors (Lipinski definition) is 2. The minimum absolute atomic E-state index is 0. The van der Waals surface area contributed by atoms with Gasteiger partial charge in [-0.1, -0.05) is 26.8 Å². The normalized spacial score (nSPS) is 41.4. The van der Waals surface area contributed by atoms with Crippen LogP contribution < -0.4 is 4.74 Å². The number of phenols is 1. The van der Waals surface area contributed by atoms with E-state index in [1.165, 1.54) is 30.5 Å². The third-order valence-electron chi connectivity index (χ3n) is 11.9. The van der Waals surface area contributed by atoms with Gasteiger partial charge in [0, 0.05) is 42.0 Å². The zero-order chi connectivity index (χ0) is 23.9. The molecule has 7 aliphatic rings. The van der Waals surface area contributed by atoms with Crippen molar-refractivity contribution in [1.29, 1.82) is 0 Å². The molecule has 0 amide bonds. The smallest absolute Gasteiger partial charge is 0.165 e. The van der Waals surface area contributed by atoms with Crippen molar-refractivity contribution in [3.05, 3.63) is 23.3 Å². The van der Waals surface area contributed by atoms with E-state index in [2.05, 4.69) is 31.7 Å². The molecule has 0 radical (unpaired) electrons. The molecule has 2 spiro atoms. The number of rotatable bonds is 4. The highest BCUT2D eigenvalue weighted by Gasteiger charge is 2.82. The van der Waals surface area contributed by atoms with E-state index in [9.17, 15) is 10.2 Å². The predicted octanol–water partition coefficient (Wildman–Crippen LogP) is 5.26. The monoisotopic (exact) mass is 539 g/mol. The maximum absolute atomic E-state index is 12.2. The van der Waals surface area contributed by atoms with Crippen molar-refractivity contribution in [3.63, 3.8) is 0 Å². The molecular weight excluding hydrogens is 497 g/mol. The van der Waals surface area contributed by atoms with Gasteiger partial charge in [0.1, 0.15) is 11.7 Å². The highest BCUT2D eigenvalue weighted by molar-refractivity contribution is 5.85. The van der Waals surface area contributed by atoms with E-state index in [1.807, 2.05) is 20.1 Å². The van der Waals surface area contributed by atoms with Crippen LogP contribution in [-0.4, -0.2) is 58.7 Å². The summed E-state index contributed by atoms with van der Waals surface area (Å²) in [5, 5.41) is 23.2. The molecule has 0 aromatic heterocycles. The second-order valence-corrected chi connectivity index (χ2v) is 13.8. The maximum Gasteiger partial charge on any atom is 0.165 e. The molecule has 4 saturated carbocycles. The van der Waals surface area contributed by atoms with E-state index in [1.54, 1.807) is 0 Å². The molecule has 1 aromatic carbocycles. The van der Waals surface area contributed by atoms with Gasteiger partial charge in [-0.05, 0) is 81.4 Å². The van der Waals surface area contributed by atoms with Gasteiger partial charge < -0.3 is 19.7 Å². The molecule has 5 aliphatic carbocycles. The lowest BCUT2D eigenvalue weighted by molar-refractivity contribution is -0.312. The van der Waals surface area contributed by atoms with Crippen LogP contribution in [0.1, 0.15) is 77.3 Å². The van der Waals surface area contributed by atoms with Crippen molar-refractivity contribution in [1.82, 2.24) is 4.90 Å². The van der Waals surface area contributed by atoms with Crippen molar-refractivity contribution in [2.24, 2.45) is 22.7 Å². The fraction of sp³-hybridized carbons (Fsp3) is 0.793. The molecule has 7 heteroatoms. The zero-order valence-corrected chi connectivity index (χ0v) is 23.9. The van der Waals surface area contributed by atoms with Gasteiger partial charge >= 0.3 is 0 Å². The molecule has 2 aliphatic heterocycles. The van der Waals surface area contributed by atoms with Crippen LogP contribution in [0.25, 0.3) is 0 Å². The summed E-state index contributed by atoms with van der Waals surface area (Å²) in [6.45, 7) is 10.8. The first-order chi connectivity index (χ1) is 16.0. The molecule has 202 valence electrons. The summed E-state index contributed by atoms with van der Waals surface area (Å²) in [5.74, 6) is 1.80. The molecule has 1 aromatic rings. The molecular formula is C29H43Cl2NO4. The SMILES string of the molecule is CO[C@@]12CC[C@@]3(C[C@@H]1[C@](C)(O)C(C)(C)C)[C@H]1Cc4ccc(O)c5c4[C@@]3(CCN1CC1CC1)[C@H]2O5.Cl.Cl. The van der Waals surface area contributed by atoms with Crippen LogP contribution in [0.15, 0.2) is 12.1 Å². The predicted molar refractivity (Wildman–Crippen MR) is 145 cm³/mol. The zero-order valence-electron chi connectivity index (χ0n) is 22.3. The second kappa shape index (κ2) is 7.91. The van der Waals surface area contributed by atoms with Crippen molar-refractivity contribution in [2.75, 3.05) is 20.2 Å². The van der Waals surface area contributed by atoms with Crippen molar-refractivity contribution < 1.29 is 19.7 Å². The number of methoxy groups -OCH3 is 1. The van der Waals surface area contributed by atoms with Gasteiger partial charge in [-0.15, -0.1) is 24.8 Å². The number of aromatic hydroxyl groups is 1. The molecule has 1 saturated heterocycles. The van der Waals surface area contributed by atoms with Crippen LogP contribution >= 0.6 is 24.8 Å². The Morgan fingerprint density at radius 2 is 1.83 bits per heavy atom. The number of ether oxygens (including phenoxy) is 2. The summed E-state index contributed by atoms with van der Waals surface area (Å²) in [5.41, 5.74) is 0.783. The number of halogens is 2. The van der Waals surface area contributed by atoms with Crippen LogP contribution in [0.5, 0.6) is 11.5 Å². The van der Waals surface area contributed by atoms with Gasteiger partial charge in [-0.25, -0.2) is 0 Å². The van der Waals surface area contributed by atoms with E-state index in [4.69, 9.17) is 9.47 Å². The molecule has 7 atom stereocenters. The van der Waals surface area contributed by atoms with E-state index in [0.717, 1.165) is 44.6 Å². The van der Waals surface area contributed by atoms with E-state index >= 15 is 0 Å². The third kappa shape index (κ3) is 2.85. The second-order valence-electron chi connectivity index (χ2n) is 13.8. The quantitative estimate of drug-likeness (QED) is 0.546. The van der Waals surface area contributed by atoms with Crippen LogP contribution in [0.2, 0.25) is 0 Å². The van der Waals surface area contributed by atoms with Gasteiger partial charge in [-0.2, -0.15) is 0 Å². The van der Waals surface area contributed by atoms with Crippen molar-refractivity contribution >= 4 is 24.8 Å². The molecule has 2 heterocycles. The summed E-state index contributed by atoms with van der Waals surface area (Å²) in [7, 11) is 1.83. The van der Waals surface area contributed by atoms with Crippen molar-refractivity contribution in [2.45, 2.75) is 101 Å². The Balaban J connectivity index is 0.00000133. The Labute approximate surface area is 228 Å². The molecule has 0 unspecified atom stereocenters. The minimum atomic E-state index is -0.909. The molecule has 36 heavy (non-hydrogen) atoms. The summed E-state index contributed by atoms with van der Waals surface area (Å²) in [4.78, 5) is 2.82. The van der Waals surface area contributed by atoms with Crippen LogP contribution in [0, 0.1) is 22.7 Å². The fourth-order valence-electron chi connectivity index (χ4n) is 9.58. The molecule has 8 rings (SSSR count). The Kier molecular flexibility index (Phi) is 5.90. The number of hydrogen-bond acceptors (Lipinski definition) is 5. The van der Waals surface area contributed by atoms with E-state index in [-0.39, 0.29) is 58.8 Å². The van der Waals surface area contributed by atoms with Gasteiger partial charge in [0.2, 0.25) is 0 Å². The van der Waals surface area contributed by atoms with Gasteiger partial charge in [-0.3, -0.25) is 4.90 Å². The number of fused-ring (bicyclic) bond motifs is 2. The maximum atomic E-state index is 12.2. The summed E-state index contributed by atoms with van der Waals surface area (Å²) >= 11 is 0. The molecule has 2 N–H and O–H groups in total. The topological polar surface area (TPSA) is 62.2 Å². The van der Waals surface area contributed by atoms with Crippen LogP contribution in [0.4, 0.5) is 0 Å². The van der Waals surface area contributed by atoms with Gasteiger partial charge in [0.05, 0.1) is 5.60 Å². The Bertz CT molecular complexity index is 1070. The van der Waals surface area contributed by atoms with Gasteiger partial charge in [0.25, 0.3) is 0 Å². The molecule has 4 bridgehead atoms. The Morgan fingerprint density at radius 3 is 2.47 bits per heavy atom. The van der Waals surface area contributed by atoms with Crippen LogP contribution in [0.3, 0.4) is 0 Å². The van der Waals surface area contributed by atoms with Crippen molar-refractivity contribution in [3.8, 4) is 11.5 Å². The number of aliphatic hydroxyl groups is 1. The summed E-state index contributed by atoms with van der Waals surface area (Å²) < 4.78 is 13.5. The summed E-state index contributed by atoms with van der Waals surface area (Å²) in [6.07, 6.45) is 7.64. The number of likely N-dealkylation sites (tertiary alicyclic amines) is 1. The average Bonchev–Trinajstić information content (AvgIpc) is 3.53. The average molecular weight is 541 g/mol. The highest BCUT2D eigenvalue weighted by Crippen LogP contribution is 2.78. The standard InChI is InChI=1S/C29H41NO4.2ClH/c1-25(2,3)26(4,32)20-15-27-10-11-29(20,33-5)24-28(27)12-13-30(16-17-6-7-17)21(27)14-18-8-9-19(31)23(34-24)22(18)28;;/h8-9,17,20-21,24,31-32H,6-7,10-16H2,1-5H3;2*1H/t20-,21-,24-,26+,27-,28+,29+;;/m1../s1. The number of phenolic OH excluding ortho intramolecular Hbond substituents is 1. The number of piperidine rings is 1. The highest BCUT2D eigenvalue weighted by atomic mass is 35.5. The minimum Gasteiger partial charge on any atom is -0.504 e. The van der Waals surface area contributed by atoms with Crippen LogP contribution in [-0.2, 0) is 16.6 Å². The first-order valence-corrected chi connectivity index (χ1v) is 13.6. The fourth-order valence-corrected chi connectivity index (χ4v) is 9.58. The Morgan fingerprint density at radius 1 is 1.11 bits per heavy atom. The lowest BCUT2D eigenvalue weighted by Crippen LogP contribution is -2.83. The largest absolute Gasteiger partial charge is 0.504 e. The lowest BCUT2D eigenvalue weighted by Gasteiger charge is -2.75. The first kappa shape index (κ1) is 26.9.